The van der Waals surface area contributed by atoms with Crippen molar-refractivity contribution >= 4 is 21.5 Å². The van der Waals surface area contributed by atoms with E-state index < -0.39 is 20.4 Å². The third-order valence-electron chi connectivity index (χ3n) is 2.40. The molecule has 0 amide bonds. The molecule has 0 aliphatic rings. The van der Waals surface area contributed by atoms with Gasteiger partial charge in [-0.15, -0.1) is 0 Å². The fourth-order valence-corrected chi connectivity index (χ4v) is 2.11. The van der Waals surface area contributed by atoms with Crippen molar-refractivity contribution in [2.45, 2.75) is 4.90 Å². The number of hydrogen-bond donors (Lipinski definition) is 1. The van der Waals surface area contributed by atoms with Gasteiger partial charge in [0.1, 0.15) is 11.9 Å². The quantitative estimate of drug-likeness (QED) is 0.655. The Labute approximate surface area is 119 Å². The monoisotopic (exact) mass is 310 g/mol. The van der Waals surface area contributed by atoms with Crippen molar-refractivity contribution in [3.05, 3.63) is 40.6 Å². The van der Waals surface area contributed by atoms with Crippen molar-refractivity contribution in [3.8, 4) is 11.6 Å². The fourth-order valence-electron chi connectivity index (χ4n) is 1.45. The van der Waals surface area contributed by atoms with Crippen LogP contribution in [0, 0.1) is 10.1 Å². The highest BCUT2D eigenvalue weighted by molar-refractivity contribution is 7.90. The highest BCUT2D eigenvalue weighted by Crippen LogP contribution is 2.29. The number of hydrogen-bond acceptors (Lipinski definition) is 8. The maximum atomic E-state index is 11.5. The number of ether oxygens (including phenoxy) is 1. The molecule has 0 bridgehead atoms. The first-order valence-corrected chi connectivity index (χ1v) is 7.41. The van der Waals surface area contributed by atoms with Crippen LogP contribution in [0.15, 0.2) is 35.4 Å². The molecule has 0 aliphatic carbocycles. The second-order valence-corrected chi connectivity index (χ2v) is 6.04. The molecule has 0 fully saturated rings. The van der Waals surface area contributed by atoms with Crippen LogP contribution in [0.5, 0.6) is 11.6 Å². The average molecular weight is 310 g/mol. The van der Waals surface area contributed by atoms with E-state index in [0.717, 1.165) is 12.5 Å². The summed E-state index contributed by atoms with van der Waals surface area (Å²) >= 11 is 0. The second-order valence-electron chi connectivity index (χ2n) is 4.02. The van der Waals surface area contributed by atoms with E-state index in [-0.39, 0.29) is 22.5 Å². The minimum Gasteiger partial charge on any atom is -0.434 e. The zero-order valence-corrected chi connectivity index (χ0v) is 11.6. The smallest absolute Gasteiger partial charge is 0.349 e. The van der Waals surface area contributed by atoms with Crippen molar-refractivity contribution in [3.63, 3.8) is 0 Å². The Morgan fingerprint density at radius 2 is 2.10 bits per heavy atom. The molecule has 1 aromatic carbocycles. The molecular formula is C11H10N4O5S. The molecule has 2 aromatic rings. The van der Waals surface area contributed by atoms with E-state index in [2.05, 4.69) is 9.97 Å². The van der Waals surface area contributed by atoms with E-state index in [4.69, 9.17) is 10.5 Å². The van der Waals surface area contributed by atoms with Crippen molar-refractivity contribution in [2.24, 2.45) is 0 Å². The Balaban J connectivity index is 2.43. The number of nitrogens with zero attached hydrogens (tertiary/aromatic N) is 3. The number of nitrogen functional groups attached to an aromatic ring is 1. The van der Waals surface area contributed by atoms with Gasteiger partial charge in [0.25, 0.3) is 0 Å². The first-order valence-electron chi connectivity index (χ1n) is 5.52. The van der Waals surface area contributed by atoms with E-state index in [0.29, 0.717) is 0 Å². The van der Waals surface area contributed by atoms with Crippen molar-refractivity contribution in [2.75, 3.05) is 12.0 Å². The Morgan fingerprint density at radius 3 is 2.71 bits per heavy atom. The summed E-state index contributed by atoms with van der Waals surface area (Å²) in [6, 6.07) is 5.50. The number of benzene rings is 1. The van der Waals surface area contributed by atoms with Gasteiger partial charge < -0.3 is 10.5 Å². The number of sulfone groups is 1. The van der Waals surface area contributed by atoms with Crippen LogP contribution < -0.4 is 10.5 Å². The lowest BCUT2D eigenvalue weighted by Gasteiger charge is -2.06. The van der Waals surface area contributed by atoms with Gasteiger partial charge in [0, 0.05) is 6.26 Å². The molecule has 2 N–H and O–H groups in total. The summed E-state index contributed by atoms with van der Waals surface area (Å²) in [7, 11) is -3.42. The van der Waals surface area contributed by atoms with E-state index in [1.807, 2.05) is 0 Å². The molecular weight excluding hydrogens is 300 g/mol. The minimum absolute atomic E-state index is 0.0182. The van der Waals surface area contributed by atoms with Crippen LogP contribution in [0.3, 0.4) is 0 Å². The van der Waals surface area contributed by atoms with E-state index in [9.17, 15) is 18.5 Å². The summed E-state index contributed by atoms with van der Waals surface area (Å²) in [5.41, 5.74) is 4.88. The van der Waals surface area contributed by atoms with Gasteiger partial charge in [-0.1, -0.05) is 6.07 Å². The van der Waals surface area contributed by atoms with Crippen LogP contribution in [0.4, 0.5) is 11.6 Å². The highest BCUT2D eigenvalue weighted by Gasteiger charge is 2.19. The molecule has 1 heterocycles. The van der Waals surface area contributed by atoms with Gasteiger partial charge in [-0.05, 0) is 18.2 Å². The first kappa shape index (κ1) is 14.7. The van der Waals surface area contributed by atoms with Crippen molar-refractivity contribution in [1.29, 1.82) is 0 Å². The van der Waals surface area contributed by atoms with Crippen LogP contribution in [0.2, 0.25) is 0 Å². The molecule has 1 aromatic heterocycles. The van der Waals surface area contributed by atoms with Gasteiger partial charge in [-0.3, -0.25) is 10.1 Å². The van der Waals surface area contributed by atoms with Gasteiger partial charge in [0.05, 0.1) is 9.82 Å². The van der Waals surface area contributed by atoms with E-state index in [1.165, 1.54) is 24.3 Å². The molecule has 9 nitrogen and oxygen atoms in total. The molecule has 0 unspecified atom stereocenters. The predicted molar refractivity (Wildman–Crippen MR) is 72.7 cm³/mol. The standard InChI is InChI=1S/C11H10N4O5S/c1-21(18,19)8-4-2-3-7(5-8)20-10-9(15(16)17)6-13-11(12)14-10/h2-6H,1H3,(H2,12,13,14). The van der Waals surface area contributed by atoms with Crippen molar-refractivity contribution in [1.82, 2.24) is 9.97 Å². The molecule has 0 saturated carbocycles. The Hall–Kier alpha value is -2.75. The van der Waals surface area contributed by atoms with Crippen LogP contribution in [0.1, 0.15) is 0 Å². The zero-order chi connectivity index (χ0) is 15.6. The number of nitrogens with two attached hydrogens (primary N) is 1. The van der Waals surface area contributed by atoms with Gasteiger partial charge in [0.2, 0.25) is 5.95 Å². The third kappa shape index (κ3) is 3.42. The van der Waals surface area contributed by atoms with Gasteiger partial charge in [-0.2, -0.15) is 4.98 Å². The predicted octanol–water partition coefficient (Wildman–Crippen LogP) is 1.16. The van der Waals surface area contributed by atoms with Crippen LogP contribution >= 0.6 is 0 Å². The van der Waals surface area contributed by atoms with E-state index >= 15 is 0 Å². The van der Waals surface area contributed by atoms with Crippen molar-refractivity contribution < 1.29 is 18.1 Å². The molecule has 21 heavy (non-hydrogen) atoms. The van der Waals surface area contributed by atoms with Crippen LogP contribution in [-0.4, -0.2) is 29.6 Å². The summed E-state index contributed by atoms with van der Waals surface area (Å²) in [6.45, 7) is 0. The normalized spacial score (nSPS) is 11.1. The van der Waals surface area contributed by atoms with Crippen LogP contribution in [-0.2, 0) is 9.84 Å². The highest BCUT2D eigenvalue weighted by atomic mass is 32.2. The lowest BCUT2D eigenvalue weighted by molar-refractivity contribution is -0.386. The second kappa shape index (κ2) is 5.32. The Kier molecular flexibility index (Phi) is 3.72. The molecule has 0 aliphatic heterocycles. The van der Waals surface area contributed by atoms with Gasteiger partial charge in [0.15, 0.2) is 9.84 Å². The number of aromatic nitrogens is 2. The summed E-state index contributed by atoms with van der Waals surface area (Å²) in [5, 5.41) is 10.9. The van der Waals surface area contributed by atoms with Gasteiger partial charge >= 0.3 is 11.6 Å². The molecule has 2 rings (SSSR count). The number of anilines is 1. The molecule has 0 saturated heterocycles. The Bertz CT molecular complexity index is 806. The average Bonchev–Trinajstić information content (AvgIpc) is 2.37. The molecule has 0 radical (unpaired) electrons. The zero-order valence-electron chi connectivity index (χ0n) is 10.8. The number of rotatable bonds is 4. The summed E-state index contributed by atoms with van der Waals surface area (Å²) < 4.78 is 28.2. The third-order valence-corrected chi connectivity index (χ3v) is 3.51. The maximum Gasteiger partial charge on any atom is 0.349 e. The summed E-state index contributed by atoms with van der Waals surface area (Å²) in [5.74, 6) is -0.479. The van der Waals surface area contributed by atoms with Gasteiger partial charge in [-0.25, -0.2) is 13.4 Å². The first-order chi connectivity index (χ1) is 9.77. The summed E-state index contributed by atoms with van der Waals surface area (Å²) in [6.07, 6.45) is 1.95. The topological polar surface area (TPSA) is 138 Å². The van der Waals surface area contributed by atoms with Crippen LogP contribution in [0.25, 0.3) is 0 Å². The number of nitro groups is 1. The summed E-state index contributed by atoms with van der Waals surface area (Å²) in [4.78, 5) is 17.3. The maximum absolute atomic E-state index is 11.5. The molecule has 10 heteroatoms. The SMILES string of the molecule is CS(=O)(=O)c1cccc(Oc2nc(N)ncc2[N+](=O)[O-])c1. The largest absolute Gasteiger partial charge is 0.434 e. The molecule has 0 spiro atoms. The lowest BCUT2D eigenvalue weighted by atomic mass is 10.3. The lowest BCUT2D eigenvalue weighted by Crippen LogP contribution is -2.02. The van der Waals surface area contributed by atoms with E-state index in [1.54, 1.807) is 0 Å². The minimum atomic E-state index is -3.42. The molecule has 0 atom stereocenters. The molecule has 110 valence electrons. The fraction of sp³-hybridized carbons (Fsp3) is 0.0909. The Morgan fingerprint density at radius 1 is 1.38 bits per heavy atom.